The van der Waals surface area contributed by atoms with Crippen molar-refractivity contribution < 1.29 is 9.53 Å². The largest absolute Gasteiger partial charge is 0.444 e. The molecule has 0 radical (unpaired) electrons. The Labute approximate surface area is 244 Å². The number of rotatable bonds is 8. The summed E-state index contributed by atoms with van der Waals surface area (Å²) in [6, 6.07) is 6.38. The molecule has 3 unspecified atom stereocenters. The number of carbonyl (C=O) groups is 1. The summed E-state index contributed by atoms with van der Waals surface area (Å²) in [5.74, 6) is 0.411. The van der Waals surface area contributed by atoms with Gasteiger partial charge >= 0.3 is 6.09 Å². The van der Waals surface area contributed by atoms with E-state index in [0.29, 0.717) is 19.0 Å². The number of amides is 1. The lowest BCUT2D eigenvalue weighted by molar-refractivity contribution is 0.0519. The first-order valence-corrected chi connectivity index (χ1v) is 15.4. The highest BCUT2D eigenvalue weighted by atomic mass is 35.5. The van der Waals surface area contributed by atoms with Gasteiger partial charge in [0.1, 0.15) is 5.60 Å². The summed E-state index contributed by atoms with van der Waals surface area (Å²) in [5.41, 5.74) is 9.27. The van der Waals surface area contributed by atoms with E-state index in [-0.39, 0.29) is 18.3 Å². The van der Waals surface area contributed by atoms with Crippen LogP contribution in [0.1, 0.15) is 111 Å². The normalized spacial score (nSPS) is 19.3. The molecule has 1 fully saturated rings. The maximum atomic E-state index is 11.9. The van der Waals surface area contributed by atoms with Crippen molar-refractivity contribution in [1.29, 1.82) is 0 Å². The number of halogens is 1. The second-order valence-electron chi connectivity index (χ2n) is 11.7. The SMILES string of the molecule is CC.CC1=CCCCCC1.Cc1ccc(C(C)NC(CCN)N2CCC(CNC(=O)OC(C)(C)C)C2)cc1Cl. The standard InChI is InChI=1S/C22H37ClN4O2.C8H14.C2H6/c1-15-6-7-18(12-19(15)23)16(2)26-20(8-10-24)27-11-9-17(14-27)13-25-21(28)29-22(3,4)5;1-8-6-4-2-3-5-7-8;1-2/h6-7,12,16-17,20,26H,8-11,13-14,24H2,1-5H3,(H,25,28);6H,2-5,7H2,1H3;1-2H3. The molecule has 0 bridgehead atoms. The van der Waals surface area contributed by atoms with E-state index >= 15 is 0 Å². The smallest absolute Gasteiger partial charge is 0.407 e. The number of benzene rings is 1. The van der Waals surface area contributed by atoms with Gasteiger partial charge in [0, 0.05) is 30.7 Å². The Kier molecular flexibility index (Phi) is 17.0. The Morgan fingerprint density at radius 1 is 1.21 bits per heavy atom. The molecule has 224 valence electrons. The third kappa shape index (κ3) is 14.6. The fourth-order valence-corrected chi connectivity index (χ4v) is 5.01. The van der Waals surface area contributed by atoms with Crippen LogP contribution >= 0.6 is 11.6 Å². The zero-order chi connectivity index (χ0) is 29.4. The van der Waals surface area contributed by atoms with E-state index in [1.54, 1.807) is 5.57 Å². The van der Waals surface area contributed by atoms with E-state index in [0.717, 1.165) is 36.5 Å². The summed E-state index contributed by atoms with van der Waals surface area (Å²) < 4.78 is 5.33. The minimum absolute atomic E-state index is 0.170. The molecule has 1 amide bonds. The summed E-state index contributed by atoms with van der Waals surface area (Å²) >= 11 is 6.30. The van der Waals surface area contributed by atoms with Crippen molar-refractivity contribution in [2.75, 3.05) is 26.2 Å². The van der Waals surface area contributed by atoms with Gasteiger partial charge in [0.2, 0.25) is 0 Å². The average molecular weight is 565 g/mol. The van der Waals surface area contributed by atoms with Crippen LogP contribution in [0.5, 0.6) is 0 Å². The third-order valence-corrected chi connectivity index (χ3v) is 7.45. The van der Waals surface area contributed by atoms with Gasteiger partial charge in [-0.2, -0.15) is 0 Å². The molecule has 39 heavy (non-hydrogen) atoms. The van der Waals surface area contributed by atoms with Crippen LogP contribution in [0.2, 0.25) is 5.02 Å². The Hall–Kier alpha value is -1.60. The molecule has 3 atom stereocenters. The maximum Gasteiger partial charge on any atom is 0.407 e. The second kappa shape index (κ2) is 18.7. The monoisotopic (exact) mass is 564 g/mol. The Morgan fingerprint density at radius 2 is 1.92 bits per heavy atom. The lowest BCUT2D eigenvalue weighted by atomic mass is 10.1. The minimum atomic E-state index is -0.475. The van der Waals surface area contributed by atoms with Gasteiger partial charge in [-0.3, -0.25) is 10.2 Å². The van der Waals surface area contributed by atoms with Gasteiger partial charge in [0.05, 0.1) is 6.17 Å². The Morgan fingerprint density at radius 3 is 2.56 bits per heavy atom. The molecule has 2 aliphatic rings. The number of likely N-dealkylation sites (tertiary alicyclic amines) is 1. The zero-order valence-electron chi connectivity index (χ0n) is 26.0. The van der Waals surface area contributed by atoms with Crippen LogP contribution in [0.4, 0.5) is 4.79 Å². The molecule has 7 heteroatoms. The van der Waals surface area contributed by atoms with Crippen LogP contribution in [0.3, 0.4) is 0 Å². The predicted molar refractivity (Wildman–Crippen MR) is 167 cm³/mol. The van der Waals surface area contributed by atoms with Crippen molar-refractivity contribution in [2.45, 2.75) is 118 Å². The highest BCUT2D eigenvalue weighted by Gasteiger charge is 2.29. The molecule has 1 aromatic carbocycles. The number of hydrogen-bond acceptors (Lipinski definition) is 5. The molecule has 3 rings (SSSR count). The number of nitrogens with two attached hydrogens (primary N) is 1. The van der Waals surface area contributed by atoms with Crippen molar-refractivity contribution >= 4 is 17.7 Å². The Bertz CT molecular complexity index is 868. The van der Waals surface area contributed by atoms with Gasteiger partial charge in [0.25, 0.3) is 0 Å². The van der Waals surface area contributed by atoms with Crippen molar-refractivity contribution in [3.05, 3.63) is 46.0 Å². The summed E-state index contributed by atoms with van der Waals surface area (Å²) in [6.45, 7) is 19.2. The Balaban J connectivity index is 0.000000641. The molecule has 0 saturated carbocycles. The van der Waals surface area contributed by atoms with E-state index in [9.17, 15) is 4.79 Å². The summed E-state index contributed by atoms with van der Waals surface area (Å²) in [4.78, 5) is 14.3. The molecule has 0 aromatic heterocycles. The van der Waals surface area contributed by atoms with Gasteiger partial charge in [-0.15, -0.1) is 0 Å². The van der Waals surface area contributed by atoms with Crippen LogP contribution in [0.25, 0.3) is 0 Å². The van der Waals surface area contributed by atoms with E-state index in [1.165, 1.54) is 37.7 Å². The van der Waals surface area contributed by atoms with Crippen molar-refractivity contribution in [2.24, 2.45) is 11.7 Å². The molecule has 0 spiro atoms. The first kappa shape index (κ1) is 35.4. The van der Waals surface area contributed by atoms with E-state index < -0.39 is 5.60 Å². The average Bonchev–Trinajstić information content (AvgIpc) is 3.23. The van der Waals surface area contributed by atoms with Gasteiger partial charge in [-0.25, -0.2) is 4.79 Å². The summed E-state index contributed by atoms with van der Waals surface area (Å²) in [6.07, 6.45) is 11.1. The van der Waals surface area contributed by atoms with Gasteiger partial charge < -0.3 is 15.8 Å². The highest BCUT2D eigenvalue weighted by molar-refractivity contribution is 6.31. The molecule has 1 heterocycles. The van der Waals surface area contributed by atoms with Crippen molar-refractivity contribution in [1.82, 2.24) is 15.5 Å². The fraction of sp³-hybridized carbons (Fsp3) is 0.719. The first-order chi connectivity index (χ1) is 18.5. The zero-order valence-corrected chi connectivity index (χ0v) is 26.8. The van der Waals surface area contributed by atoms with Gasteiger partial charge in [-0.1, -0.05) is 55.7 Å². The van der Waals surface area contributed by atoms with E-state index in [4.69, 9.17) is 22.1 Å². The van der Waals surface area contributed by atoms with Crippen LogP contribution in [-0.2, 0) is 4.74 Å². The number of alkyl carbamates (subject to hydrolysis) is 1. The lowest BCUT2D eigenvalue weighted by Crippen LogP contribution is -2.47. The number of nitrogens with one attached hydrogen (secondary N) is 2. The third-order valence-electron chi connectivity index (χ3n) is 7.04. The number of hydrogen-bond donors (Lipinski definition) is 3. The van der Waals surface area contributed by atoms with Crippen molar-refractivity contribution in [3.63, 3.8) is 0 Å². The number of carbonyl (C=O) groups excluding carboxylic acids is 1. The van der Waals surface area contributed by atoms with Crippen LogP contribution < -0.4 is 16.4 Å². The first-order valence-electron chi connectivity index (χ1n) is 15.1. The summed E-state index contributed by atoms with van der Waals surface area (Å²) in [5, 5.41) is 7.41. The quantitative estimate of drug-likeness (QED) is 0.281. The molecule has 6 nitrogen and oxygen atoms in total. The van der Waals surface area contributed by atoms with Gasteiger partial charge in [0.15, 0.2) is 0 Å². The topological polar surface area (TPSA) is 79.6 Å². The van der Waals surface area contributed by atoms with Gasteiger partial charge in [-0.05, 0) is 110 Å². The highest BCUT2D eigenvalue weighted by Crippen LogP contribution is 2.24. The molecule has 1 aromatic rings. The molecule has 1 saturated heterocycles. The molecule has 1 aliphatic heterocycles. The van der Waals surface area contributed by atoms with Crippen LogP contribution in [0.15, 0.2) is 29.8 Å². The number of aryl methyl sites for hydroxylation is 1. The van der Waals surface area contributed by atoms with Crippen molar-refractivity contribution in [3.8, 4) is 0 Å². The van der Waals surface area contributed by atoms with E-state index in [2.05, 4.69) is 47.6 Å². The molecular formula is C32H57ClN4O2. The molecule has 4 N–H and O–H groups in total. The second-order valence-corrected chi connectivity index (χ2v) is 12.1. The number of allylic oxidation sites excluding steroid dienone is 2. The summed E-state index contributed by atoms with van der Waals surface area (Å²) in [7, 11) is 0. The van der Waals surface area contributed by atoms with Crippen LogP contribution in [-0.4, -0.2) is 48.9 Å². The maximum absolute atomic E-state index is 11.9. The lowest BCUT2D eigenvalue weighted by Gasteiger charge is -2.32. The minimum Gasteiger partial charge on any atom is -0.444 e. The fourth-order valence-electron chi connectivity index (χ4n) is 4.82. The van der Waals surface area contributed by atoms with E-state index in [1.807, 2.05) is 47.6 Å². The molecular weight excluding hydrogens is 508 g/mol. The number of nitrogens with zero attached hydrogens (tertiary/aromatic N) is 1. The van der Waals surface area contributed by atoms with Crippen LogP contribution in [0, 0.1) is 12.8 Å². The number of ether oxygens (including phenoxy) is 1. The predicted octanol–water partition coefficient (Wildman–Crippen LogP) is 7.74. The molecule has 1 aliphatic carbocycles.